The standard InChI is InChI=1S/C33H61N5O7.C7H10.C3H8.C2H6.2H2/c1-13-22(6)29(37(10)33(43)27(20(2)3)35-32(42)28(21(4)5)36(8)9)25(44-11)19-26(40)38-17-14-15-24(38)30(45-12)23(7)31(41)34-16-18-39;1-4-6-7(3)5-2;1-3-2;1-2;;/h18,20-25,27-30H,13-17,19H2,1-12H3,(H,34,41)(H,35,42);4-6H,1-2H2,3H3;3H2,1-2H3;1-2H3;2*1H/b;7-6-;;;;/t22-,23+,24-,25+,27-,28-,29-,30+;;;;;/m0...../s1. The number of rotatable bonds is 21. The van der Waals surface area contributed by atoms with E-state index >= 15 is 0 Å². The molecule has 0 bridgehead atoms. The summed E-state index contributed by atoms with van der Waals surface area (Å²) in [6.45, 7) is 31.3. The Kier molecular flexibility index (Phi) is 33.1. The van der Waals surface area contributed by atoms with Crippen LogP contribution in [0.2, 0.25) is 0 Å². The predicted octanol–water partition coefficient (Wildman–Crippen LogP) is 7.19. The SMILES string of the molecule is C=C/C=C(/C)C=C.CC.CCC.CC[C@H](C)[C@@H]([C@@H](CC(=O)N1CCC[C@H]1[C@H](OC)[C@@H](C)C(=O)NCC=O)OC)N(C)C(=O)[C@@H](NC(=O)[C@H](C(C)C)N(C)C)C(C)C.[HH].[HH]. The minimum absolute atomic E-state index is 0. The molecule has 0 aromatic carbocycles. The van der Waals surface area contributed by atoms with Crippen molar-refractivity contribution in [2.75, 3.05) is 48.5 Å². The van der Waals surface area contributed by atoms with E-state index < -0.39 is 30.2 Å². The molecule has 0 aromatic heterocycles. The fourth-order valence-corrected chi connectivity index (χ4v) is 6.97. The summed E-state index contributed by atoms with van der Waals surface area (Å²) in [5, 5.41) is 5.60. The lowest BCUT2D eigenvalue weighted by Crippen LogP contribution is -2.59. The minimum atomic E-state index is -0.749. The number of ether oxygens (including phenoxy) is 2. The Bertz CT molecular complexity index is 1210. The van der Waals surface area contributed by atoms with Crippen LogP contribution in [0.1, 0.15) is 118 Å². The van der Waals surface area contributed by atoms with Gasteiger partial charge in [-0.25, -0.2) is 0 Å². The molecule has 1 rings (SSSR count). The first kappa shape index (κ1) is 58.0. The monoisotopic (exact) mass is 812 g/mol. The lowest BCUT2D eigenvalue weighted by Gasteiger charge is -2.41. The van der Waals surface area contributed by atoms with Gasteiger partial charge < -0.3 is 34.7 Å². The summed E-state index contributed by atoms with van der Waals surface area (Å²) in [5.41, 5.74) is 1.15. The molecule has 12 nitrogen and oxygen atoms in total. The number of nitrogens with one attached hydrogen (secondary N) is 2. The van der Waals surface area contributed by atoms with Gasteiger partial charge in [0.1, 0.15) is 12.3 Å². The molecular weight excluding hydrogens is 723 g/mol. The Morgan fingerprint density at radius 2 is 1.49 bits per heavy atom. The molecule has 0 saturated carbocycles. The quantitative estimate of drug-likeness (QED) is 0.0919. The number of amides is 4. The molecule has 1 saturated heterocycles. The van der Waals surface area contributed by atoms with Crippen molar-refractivity contribution in [3.63, 3.8) is 0 Å². The molecule has 0 radical (unpaired) electrons. The van der Waals surface area contributed by atoms with Gasteiger partial charge in [-0.2, -0.15) is 0 Å². The maximum Gasteiger partial charge on any atom is 0.245 e. The second kappa shape index (κ2) is 32.6. The summed E-state index contributed by atoms with van der Waals surface area (Å²) >= 11 is 0. The number of allylic oxidation sites excluding steroid dienone is 4. The Morgan fingerprint density at radius 1 is 0.930 bits per heavy atom. The normalized spacial score (nSPS) is 17.4. The van der Waals surface area contributed by atoms with Crippen LogP contribution in [-0.2, 0) is 33.4 Å². The number of likely N-dealkylation sites (N-methyl/N-ethyl adjacent to an activating group) is 2. The topological polar surface area (TPSA) is 138 Å². The minimum Gasteiger partial charge on any atom is -0.379 e. The molecule has 1 aliphatic rings. The molecule has 1 fully saturated rings. The molecule has 1 aliphatic heterocycles. The van der Waals surface area contributed by atoms with Crippen molar-refractivity contribution in [2.24, 2.45) is 23.7 Å². The third-order valence-corrected chi connectivity index (χ3v) is 10.0. The van der Waals surface area contributed by atoms with Crippen LogP contribution in [0.3, 0.4) is 0 Å². The molecule has 0 aliphatic carbocycles. The molecule has 1 heterocycles. The maximum absolute atomic E-state index is 14.1. The molecule has 0 aromatic rings. The van der Waals surface area contributed by atoms with Crippen molar-refractivity contribution < 1.29 is 36.3 Å². The molecule has 12 heteroatoms. The summed E-state index contributed by atoms with van der Waals surface area (Å²) in [7, 11) is 8.51. The zero-order valence-corrected chi connectivity index (χ0v) is 39.1. The van der Waals surface area contributed by atoms with Gasteiger partial charge in [0.05, 0.1) is 49.2 Å². The highest BCUT2D eigenvalue weighted by atomic mass is 16.5. The van der Waals surface area contributed by atoms with E-state index in [1.165, 1.54) is 13.5 Å². The highest BCUT2D eigenvalue weighted by Gasteiger charge is 2.43. The summed E-state index contributed by atoms with van der Waals surface area (Å²) in [6, 6.07) is -1.89. The first-order chi connectivity index (χ1) is 26.8. The van der Waals surface area contributed by atoms with Crippen molar-refractivity contribution in [3.8, 4) is 0 Å². The van der Waals surface area contributed by atoms with E-state index in [9.17, 15) is 24.0 Å². The van der Waals surface area contributed by atoms with Gasteiger partial charge in [-0.3, -0.25) is 24.1 Å². The van der Waals surface area contributed by atoms with E-state index in [4.69, 9.17) is 9.47 Å². The van der Waals surface area contributed by atoms with E-state index in [1.807, 2.05) is 87.4 Å². The van der Waals surface area contributed by atoms with Crippen LogP contribution >= 0.6 is 0 Å². The van der Waals surface area contributed by atoms with Crippen LogP contribution in [0.15, 0.2) is 37.0 Å². The Morgan fingerprint density at radius 3 is 1.88 bits per heavy atom. The van der Waals surface area contributed by atoms with E-state index in [2.05, 4.69) is 37.6 Å². The van der Waals surface area contributed by atoms with Gasteiger partial charge >= 0.3 is 0 Å². The van der Waals surface area contributed by atoms with Crippen molar-refractivity contribution in [1.82, 2.24) is 25.3 Å². The Balaban J connectivity index is -0.000000609. The zero-order chi connectivity index (χ0) is 45.0. The van der Waals surface area contributed by atoms with E-state index in [-0.39, 0.29) is 69.3 Å². The predicted molar refractivity (Wildman–Crippen MR) is 240 cm³/mol. The number of nitrogens with zero attached hydrogens (tertiary/aromatic N) is 3. The lowest BCUT2D eigenvalue weighted by molar-refractivity contribution is -0.148. The van der Waals surface area contributed by atoms with E-state index in [0.717, 1.165) is 18.4 Å². The first-order valence-electron chi connectivity index (χ1n) is 21.0. The third kappa shape index (κ3) is 20.3. The van der Waals surface area contributed by atoms with Crippen LogP contribution in [-0.4, -0.2) is 129 Å². The van der Waals surface area contributed by atoms with Crippen LogP contribution in [0, 0.1) is 23.7 Å². The fraction of sp³-hybridized carbons (Fsp3) is 0.756. The number of hydrogen-bond donors (Lipinski definition) is 2. The number of methoxy groups -OCH3 is 2. The van der Waals surface area contributed by atoms with Crippen LogP contribution in [0.25, 0.3) is 0 Å². The molecule has 336 valence electrons. The van der Waals surface area contributed by atoms with Crippen LogP contribution in [0.4, 0.5) is 0 Å². The molecule has 0 spiro atoms. The highest BCUT2D eigenvalue weighted by molar-refractivity contribution is 5.90. The van der Waals surface area contributed by atoms with Crippen molar-refractivity contribution in [1.29, 1.82) is 0 Å². The van der Waals surface area contributed by atoms with Gasteiger partial charge in [0.25, 0.3) is 0 Å². The highest BCUT2D eigenvalue weighted by Crippen LogP contribution is 2.29. The molecule has 0 unspecified atom stereocenters. The van der Waals surface area contributed by atoms with E-state index in [0.29, 0.717) is 19.3 Å². The number of carbonyl (C=O) groups is 5. The zero-order valence-electron chi connectivity index (χ0n) is 39.1. The van der Waals surface area contributed by atoms with Crippen molar-refractivity contribution >= 4 is 29.9 Å². The van der Waals surface area contributed by atoms with Crippen LogP contribution in [0.5, 0.6) is 0 Å². The van der Waals surface area contributed by atoms with Gasteiger partial charge in [0, 0.05) is 30.7 Å². The van der Waals surface area contributed by atoms with Gasteiger partial charge in [-0.1, -0.05) is 126 Å². The average molecular weight is 812 g/mol. The second-order valence-corrected chi connectivity index (χ2v) is 15.4. The van der Waals surface area contributed by atoms with Gasteiger partial charge in [0.15, 0.2) is 0 Å². The first-order valence-corrected chi connectivity index (χ1v) is 21.0. The number of likely N-dealkylation sites (tertiary alicyclic amines) is 1. The summed E-state index contributed by atoms with van der Waals surface area (Å²) in [4.78, 5) is 69.9. The van der Waals surface area contributed by atoms with Gasteiger partial charge in [-0.15, -0.1) is 0 Å². The molecule has 57 heavy (non-hydrogen) atoms. The van der Waals surface area contributed by atoms with E-state index in [1.54, 1.807) is 43.0 Å². The fourth-order valence-electron chi connectivity index (χ4n) is 6.97. The van der Waals surface area contributed by atoms with Crippen molar-refractivity contribution in [2.45, 2.75) is 152 Å². The third-order valence-electron chi connectivity index (χ3n) is 10.0. The largest absolute Gasteiger partial charge is 0.379 e. The number of carbonyl (C=O) groups excluding carboxylic acids is 5. The summed E-state index contributed by atoms with van der Waals surface area (Å²) < 4.78 is 11.7. The molecule has 8 atom stereocenters. The summed E-state index contributed by atoms with van der Waals surface area (Å²) in [6.07, 6.45) is 8.40. The smallest absolute Gasteiger partial charge is 0.245 e. The number of hydrogen-bond acceptors (Lipinski definition) is 8. The van der Waals surface area contributed by atoms with Gasteiger partial charge in [0.2, 0.25) is 23.6 Å². The van der Waals surface area contributed by atoms with Gasteiger partial charge in [-0.05, 0) is 51.6 Å². The molecule has 4 amide bonds. The molecule has 2 N–H and O–H groups in total. The summed E-state index contributed by atoms with van der Waals surface area (Å²) in [5.74, 6) is -1.57. The van der Waals surface area contributed by atoms with Crippen molar-refractivity contribution in [3.05, 3.63) is 37.0 Å². The maximum atomic E-state index is 14.1. The Hall–Kier alpha value is -3.35. The molecular formula is C45H89N5O7. The average Bonchev–Trinajstić information content (AvgIpc) is 3.66. The lowest BCUT2D eigenvalue weighted by atomic mass is 9.89. The second-order valence-electron chi connectivity index (χ2n) is 15.4. The Labute approximate surface area is 351 Å². The number of aldehydes is 1. The van der Waals surface area contributed by atoms with Crippen LogP contribution < -0.4 is 10.6 Å².